The molecule has 0 amide bonds. The number of nitrogens with one attached hydrogen (secondary N) is 2. The molecule has 2 aromatic rings. The Kier molecular flexibility index (Phi) is 8.42. The number of ether oxygens (including phenoxy) is 2. The molecule has 2 rings (SSSR count). The van der Waals surface area contributed by atoms with E-state index in [2.05, 4.69) is 15.6 Å². The molecule has 0 saturated carbocycles. The van der Waals surface area contributed by atoms with Crippen molar-refractivity contribution < 1.29 is 13.9 Å². The maximum Gasteiger partial charge on any atom is 0.191 e. The Hall–Kier alpha value is -2.60. The van der Waals surface area contributed by atoms with Crippen LogP contribution in [0.2, 0.25) is 0 Å². The van der Waals surface area contributed by atoms with Crippen LogP contribution < -0.4 is 15.4 Å². The van der Waals surface area contributed by atoms with Crippen LogP contribution in [-0.2, 0) is 17.7 Å². The highest BCUT2D eigenvalue weighted by molar-refractivity contribution is 5.79. The third-order valence-electron chi connectivity index (χ3n) is 3.73. The first kappa shape index (κ1) is 19.7. The Morgan fingerprint density at radius 1 is 1.04 bits per heavy atom. The smallest absolute Gasteiger partial charge is 0.191 e. The van der Waals surface area contributed by atoms with Crippen molar-refractivity contribution in [3.63, 3.8) is 0 Å². The molecule has 0 atom stereocenters. The van der Waals surface area contributed by atoms with E-state index in [-0.39, 0.29) is 5.82 Å². The Morgan fingerprint density at radius 3 is 2.62 bits per heavy atom. The Morgan fingerprint density at radius 2 is 1.85 bits per heavy atom. The van der Waals surface area contributed by atoms with Crippen molar-refractivity contribution in [1.29, 1.82) is 0 Å². The summed E-state index contributed by atoms with van der Waals surface area (Å²) in [7, 11) is 3.37. The molecule has 0 aromatic heterocycles. The van der Waals surface area contributed by atoms with Gasteiger partial charge in [0.15, 0.2) is 5.96 Å². The van der Waals surface area contributed by atoms with E-state index in [1.54, 1.807) is 26.3 Å². The maximum atomic E-state index is 13.2. The minimum atomic E-state index is -0.211. The number of nitrogens with zero attached hydrogens (tertiary/aromatic N) is 1. The van der Waals surface area contributed by atoms with Gasteiger partial charge < -0.3 is 20.1 Å². The third-order valence-corrected chi connectivity index (χ3v) is 3.73. The van der Waals surface area contributed by atoms with E-state index in [1.165, 1.54) is 6.07 Å². The molecule has 0 radical (unpaired) electrons. The second kappa shape index (κ2) is 11.1. The summed E-state index contributed by atoms with van der Waals surface area (Å²) in [5, 5.41) is 6.50. The van der Waals surface area contributed by atoms with Gasteiger partial charge in [0.1, 0.15) is 18.2 Å². The molecule has 0 saturated heterocycles. The molecule has 2 N–H and O–H groups in total. The number of methoxy groups -OCH3 is 1. The lowest BCUT2D eigenvalue weighted by molar-refractivity contribution is 0.146. The van der Waals surface area contributed by atoms with Crippen LogP contribution >= 0.6 is 0 Å². The summed E-state index contributed by atoms with van der Waals surface area (Å²) in [6.07, 6.45) is 0.723. The monoisotopic (exact) mass is 359 g/mol. The first-order chi connectivity index (χ1) is 12.7. The molecule has 6 heteroatoms. The lowest BCUT2D eigenvalue weighted by atomic mass is 10.1. The topological polar surface area (TPSA) is 54.9 Å². The number of halogens is 1. The zero-order chi connectivity index (χ0) is 18.6. The number of guanidine groups is 1. The van der Waals surface area contributed by atoms with Gasteiger partial charge in [-0.15, -0.1) is 0 Å². The van der Waals surface area contributed by atoms with Gasteiger partial charge in [-0.3, -0.25) is 4.99 Å². The van der Waals surface area contributed by atoms with Gasteiger partial charge >= 0.3 is 0 Å². The van der Waals surface area contributed by atoms with Gasteiger partial charge in [0.05, 0.1) is 6.61 Å². The molecule has 0 aliphatic rings. The first-order valence-corrected chi connectivity index (χ1v) is 8.61. The average Bonchev–Trinajstić information content (AvgIpc) is 2.65. The second-order valence-corrected chi connectivity index (χ2v) is 5.72. The van der Waals surface area contributed by atoms with Gasteiger partial charge in [-0.05, 0) is 41.8 Å². The molecular weight excluding hydrogens is 333 g/mol. The SMILES string of the molecule is CN=C(NCCc1cccc(F)c1)NCc1cccc(OCCOC)c1. The van der Waals surface area contributed by atoms with Crippen LogP contribution in [0.1, 0.15) is 11.1 Å². The van der Waals surface area contributed by atoms with Crippen molar-refractivity contribution in [3.8, 4) is 5.75 Å². The molecule has 0 heterocycles. The summed E-state index contributed by atoms with van der Waals surface area (Å²) in [6.45, 7) is 2.38. The predicted octanol–water partition coefficient (Wildman–Crippen LogP) is 2.76. The van der Waals surface area contributed by atoms with E-state index in [0.29, 0.717) is 32.3 Å². The Labute approximate surface area is 154 Å². The zero-order valence-corrected chi connectivity index (χ0v) is 15.3. The highest BCUT2D eigenvalue weighted by Crippen LogP contribution is 2.13. The molecule has 0 unspecified atom stereocenters. The Bertz CT molecular complexity index is 707. The quantitative estimate of drug-likeness (QED) is 0.411. The zero-order valence-electron chi connectivity index (χ0n) is 15.3. The fraction of sp³-hybridized carbons (Fsp3) is 0.350. The van der Waals surface area contributed by atoms with Gasteiger partial charge in [-0.1, -0.05) is 24.3 Å². The maximum absolute atomic E-state index is 13.2. The first-order valence-electron chi connectivity index (χ1n) is 8.61. The van der Waals surface area contributed by atoms with E-state index in [0.717, 1.165) is 23.3 Å². The van der Waals surface area contributed by atoms with Crippen LogP contribution in [0.25, 0.3) is 0 Å². The number of benzene rings is 2. The van der Waals surface area contributed by atoms with Gasteiger partial charge in [0.2, 0.25) is 0 Å². The summed E-state index contributed by atoms with van der Waals surface area (Å²) < 4.78 is 23.8. The molecule has 0 bridgehead atoms. The van der Waals surface area contributed by atoms with Gasteiger partial charge in [0.25, 0.3) is 0 Å². The lowest BCUT2D eigenvalue weighted by Gasteiger charge is -2.13. The van der Waals surface area contributed by atoms with Crippen molar-refractivity contribution >= 4 is 5.96 Å². The molecule has 0 spiro atoms. The molecule has 2 aromatic carbocycles. The molecule has 0 aliphatic heterocycles. The van der Waals surface area contributed by atoms with Crippen molar-refractivity contribution in [3.05, 3.63) is 65.5 Å². The van der Waals surface area contributed by atoms with Crippen LogP contribution in [0, 0.1) is 5.82 Å². The number of rotatable bonds is 9. The fourth-order valence-corrected chi connectivity index (χ4v) is 2.41. The van der Waals surface area contributed by atoms with E-state index in [1.807, 2.05) is 30.3 Å². The predicted molar refractivity (Wildman–Crippen MR) is 102 cm³/mol. The van der Waals surface area contributed by atoms with Gasteiger partial charge in [-0.2, -0.15) is 0 Å². The molecular formula is C20H26FN3O2. The van der Waals surface area contributed by atoms with E-state index in [4.69, 9.17) is 9.47 Å². The highest BCUT2D eigenvalue weighted by atomic mass is 19.1. The summed E-state index contributed by atoms with van der Waals surface area (Å²) >= 11 is 0. The normalized spacial score (nSPS) is 11.3. The molecule has 0 aliphatic carbocycles. The highest BCUT2D eigenvalue weighted by Gasteiger charge is 2.01. The van der Waals surface area contributed by atoms with Crippen LogP contribution in [-0.4, -0.2) is 39.9 Å². The molecule has 140 valence electrons. The average molecular weight is 359 g/mol. The minimum Gasteiger partial charge on any atom is -0.491 e. The van der Waals surface area contributed by atoms with E-state index >= 15 is 0 Å². The number of hydrogen-bond acceptors (Lipinski definition) is 3. The summed E-state index contributed by atoms with van der Waals surface area (Å²) in [6, 6.07) is 14.5. The lowest BCUT2D eigenvalue weighted by Crippen LogP contribution is -2.37. The van der Waals surface area contributed by atoms with Crippen molar-refractivity contribution in [2.75, 3.05) is 33.9 Å². The third kappa shape index (κ3) is 7.11. The van der Waals surface area contributed by atoms with Crippen LogP contribution in [0.3, 0.4) is 0 Å². The van der Waals surface area contributed by atoms with Crippen LogP contribution in [0.15, 0.2) is 53.5 Å². The molecule has 5 nitrogen and oxygen atoms in total. The fourth-order valence-electron chi connectivity index (χ4n) is 2.41. The van der Waals surface area contributed by atoms with Crippen molar-refractivity contribution in [2.45, 2.75) is 13.0 Å². The molecule has 26 heavy (non-hydrogen) atoms. The Balaban J connectivity index is 1.76. The minimum absolute atomic E-state index is 0.211. The summed E-state index contributed by atoms with van der Waals surface area (Å²) in [5.74, 6) is 1.31. The largest absolute Gasteiger partial charge is 0.491 e. The van der Waals surface area contributed by atoms with Crippen molar-refractivity contribution in [1.82, 2.24) is 10.6 Å². The van der Waals surface area contributed by atoms with Gasteiger partial charge in [0, 0.05) is 27.2 Å². The second-order valence-electron chi connectivity index (χ2n) is 5.72. The van der Waals surface area contributed by atoms with E-state index in [9.17, 15) is 4.39 Å². The van der Waals surface area contributed by atoms with E-state index < -0.39 is 0 Å². The summed E-state index contributed by atoms with van der Waals surface area (Å²) in [4.78, 5) is 4.21. The summed E-state index contributed by atoms with van der Waals surface area (Å²) in [5.41, 5.74) is 2.04. The van der Waals surface area contributed by atoms with Crippen LogP contribution in [0.5, 0.6) is 5.75 Å². The van der Waals surface area contributed by atoms with Gasteiger partial charge in [-0.25, -0.2) is 4.39 Å². The van der Waals surface area contributed by atoms with Crippen molar-refractivity contribution in [2.24, 2.45) is 4.99 Å². The number of aliphatic imine (C=N–C) groups is 1. The van der Waals surface area contributed by atoms with Crippen LogP contribution in [0.4, 0.5) is 4.39 Å². The number of hydrogen-bond donors (Lipinski definition) is 2. The molecule has 0 fully saturated rings. The standard InChI is InChI=1S/C20H26FN3O2/c1-22-20(23-10-9-16-5-3-7-18(21)13-16)24-15-17-6-4-8-19(14-17)26-12-11-25-2/h3-8,13-14H,9-12,15H2,1-2H3,(H2,22,23,24).